The molecule has 1 unspecified atom stereocenters. The van der Waals surface area contributed by atoms with Crippen LogP contribution in [0.15, 0.2) is 67.4 Å². The molecular weight excluding hydrogens is 378 g/mol. The summed E-state index contributed by atoms with van der Waals surface area (Å²) in [4.78, 5) is 39.8. The Morgan fingerprint density at radius 3 is 2.60 bits per heavy atom. The van der Waals surface area contributed by atoms with Crippen molar-refractivity contribution in [2.45, 2.75) is 12.8 Å². The molecule has 0 radical (unpaired) electrons. The highest BCUT2D eigenvalue weighted by molar-refractivity contribution is 5.93. The molecule has 3 heterocycles. The second-order valence-electron chi connectivity index (χ2n) is 7.50. The van der Waals surface area contributed by atoms with Crippen molar-refractivity contribution in [3.05, 3.63) is 78.6 Å². The van der Waals surface area contributed by atoms with Gasteiger partial charge in [-0.1, -0.05) is 24.3 Å². The van der Waals surface area contributed by atoms with Gasteiger partial charge in [-0.3, -0.25) is 19.6 Å². The number of benzene rings is 1. The number of carbonyl (C=O) groups excluding carboxylic acids is 2. The van der Waals surface area contributed by atoms with Crippen LogP contribution in [0, 0.1) is 5.41 Å². The molecule has 0 aliphatic carbocycles. The molecule has 30 heavy (non-hydrogen) atoms. The summed E-state index contributed by atoms with van der Waals surface area (Å²) >= 11 is 0. The van der Waals surface area contributed by atoms with E-state index in [1.165, 1.54) is 18.6 Å². The summed E-state index contributed by atoms with van der Waals surface area (Å²) in [5.74, 6) is -0.252. The highest BCUT2D eigenvalue weighted by atomic mass is 16.2. The molecule has 1 saturated heterocycles. The lowest BCUT2D eigenvalue weighted by molar-refractivity contribution is -0.129. The van der Waals surface area contributed by atoms with Crippen molar-refractivity contribution in [2.24, 2.45) is 5.41 Å². The van der Waals surface area contributed by atoms with Gasteiger partial charge in [0.1, 0.15) is 5.69 Å². The Morgan fingerprint density at radius 2 is 1.87 bits per heavy atom. The minimum atomic E-state index is -0.699. The maximum Gasteiger partial charge on any atom is 0.274 e. The van der Waals surface area contributed by atoms with Crippen molar-refractivity contribution in [3.8, 4) is 11.1 Å². The molecule has 3 aromatic rings. The van der Waals surface area contributed by atoms with E-state index in [-0.39, 0.29) is 11.8 Å². The standard InChI is InChI=1S/C23H23N5O2/c1-24-22(30)23(8-13-28(16-23)21(29)20-15-26-11-12-27-20)14-18-4-2-3-5-19(18)17-6-9-25-10-7-17/h2-7,9-12,15H,8,13-14,16H2,1H3,(H,24,30). The highest BCUT2D eigenvalue weighted by Crippen LogP contribution is 2.37. The van der Waals surface area contributed by atoms with E-state index in [2.05, 4.69) is 26.3 Å². The zero-order valence-electron chi connectivity index (χ0n) is 16.8. The molecule has 0 bridgehead atoms. The third-order valence-electron chi connectivity index (χ3n) is 5.67. The van der Waals surface area contributed by atoms with Crippen molar-refractivity contribution >= 4 is 11.8 Å². The van der Waals surface area contributed by atoms with Gasteiger partial charge < -0.3 is 10.2 Å². The predicted octanol–water partition coefficient (Wildman–Crippen LogP) is 2.36. The van der Waals surface area contributed by atoms with Crippen LogP contribution in [-0.2, 0) is 11.2 Å². The van der Waals surface area contributed by atoms with Crippen LogP contribution >= 0.6 is 0 Å². The molecule has 7 heteroatoms. The van der Waals surface area contributed by atoms with E-state index in [0.29, 0.717) is 31.6 Å². The van der Waals surface area contributed by atoms with Gasteiger partial charge in [0.2, 0.25) is 5.91 Å². The Hall–Kier alpha value is -3.61. The minimum absolute atomic E-state index is 0.0542. The molecule has 7 nitrogen and oxygen atoms in total. The van der Waals surface area contributed by atoms with Gasteiger partial charge in [-0.15, -0.1) is 0 Å². The molecule has 1 aliphatic heterocycles. The molecule has 2 aromatic heterocycles. The fraction of sp³-hybridized carbons (Fsp3) is 0.261. The third-order valence-corrected chi connectivity index (χ3v) is 5.67. The fourth-order valence-electron chi connectivity index (χ4n) is 4.14. The van der Waals surface area contributed by atoms with E-state index in [0.717, 1.165) is 16.7 Å². The third kappa shape index (κ3) is 3.78. The number of nitrogens with one attached hydrogen (secondary N) is 1. The summed E-state index contributed by atoms with van der Waals surface area (Å²) in [5.41, 5.74) is 2.79. The topological polar surface area (TPSA) is 88.1 Å². The zero-order valence-corrected chi connectivity index (χ0v) is 16.8. The van der Waals surface area contributed by atoms with Gasteiger partial charge in [0, 0.05) is 44.9 Å². The van der Waals surface area contributed by atoms with Crippen molar-refractivity contribution in [1.82, 2.24) is 25.2 Å². The lowest BCUT2D eigenvalue weighted by Gasteiger charge is -2.28. The van der Waals surface area contributed by atoms with Gasteiger partial charge in [-0.05, 0) is 41.7 Å². The highest BCUT2D eigenvalue weighted by Gasteiger charge is 2.46. The van der Waals surface area contributed by atoms with Crippen molar-refractivity contribution in [1.29, 1.82) is 0 Å². The number of hydrogen-bond acceptors (Lipinski definition) is 5. The van der Waals surface area contributed by atoms with Crippen LogP contribution in [0.5, 0.6) is 0 Å². The summed E-state index contributed by atoms with van der Waals surface area (Å²) in [6, 6.07) is 12.0. The van der Waals surface area contributed by atoms with Gasteiger partial charge in [0.15, 0.2) is 0 Å². The average Bonchev–Trinajstić information content (AvgIpc) is 3.24. The normalized spacial score (nSPS) is 18.2. The van der Waals surface area contributed by atoms with Crippen LogP contribution in [0.25, 0.3) is 11.1 Å². The fourth-order valence-corrected chi connectivity index (χ4v) is 4.14. The van der Waals surface area contributed by atoms with Gasteiger partial charge in [-0.2, -0.15) is 0 Å². The van der Waals surface area contributed by atoms with Crippen LogP contribution in [-0.4, -0.2) is 51.8 Å². The largest absolute Gasteiger partial charge is 0.359 e. The Bertz CT molecular complexity index is 1040. The van der Waals surface area contributed by atoms with E-state index in [9.17, 15) is 9.59 Å². The Kier molecular flexibility index (Phi) is 5.52. The molecule has 1 fully saturated rings. The molecular formula is C23H23N5O2. The van der Waals surface area contributed by atoms with Crippen molar-refractivity contribution in [2.75, 3.05) is 20.1 Å². The van der Waals surface area contributed by atoms with E-state index in [1.807, 2.05) is 30.3 Å². The molecule has 1 N–H and O–H groups in total. The molecule has 0 saturated carbocycles. The Balaban J connectivity index is 1.64. The average molecular weight is 401 g/mol. The molecule has 1 atom stereocenters. The van der Waals surface area contributed by atoms with Gasteiger partial charge in [-0.25, -0.2) is 4.98 Å². The monoisotopic (exact) mass is 401 g/mol. The number of nitrogens with zero attached hydrogens (tertiary/aromatic N) is 4. The Labute approximate surface area is 175 Å². The SMILES string of the molecule is CNC(=O)C1(Cc2ccccc2-c2ccncc2)CCN(C(=O)c2cnccn2)C1. The number of hydrogen-bond donors (Lipinski definition) is 1. The smallest absolute Gasteiger partial charge is 0.274 e. The summed E-state index contributed by atoms with van der Waals surface area (Å²) < 4.78 is 0. The van der Waals surface area contributed by atoms with Crippen LogP contribution < -0.4 is 5.32 Å². The minimum Gasteiger partial charge on any atom is -0.359 e. The van der Waals surface area contributed by atoms with Gasteiger partial charge in [0.25, 0.3) is 5.91 Å². The number of likely N-dealkylation sites (tertiary alicyclic amines) is 1. The molecule has 1 aliphatic rings. The molecule has 1 aromatic carbocycles. The quantitative estimate of drug-likeness (QED) is 0.709. The van der Waals surface area contributed by atoms with Gasteiger partial charge in [0.05, 0.1) is 11.6 Å². The first-order valence-electron chi connectivity index (χ1n) is 9.89. The zero-order chi connectivity index (χ0) is 21.0. The summed E-state index contributed by atoms with van der Waals surface area (Å²) in [7, 11) is 1.64. The molecule has 0 spiro atoms. The lowest BCUT2D eigenvalue weighted by Crippen LogP contribution is -2.44. The summed E-state index contributed by atoms with van der Waals surface area (Å²) in [6.45, 7) is 0.840. The first-order valence-corrected chi connectivity index (χ1v) is 9.89. The second-order valence-corrected chi connectivity index (χ2v) is 7.50. The van der Waals surface area contributed by atoms with E-state index < -0.39 is 5.41 Å². The van der Waals surface area contributed by atoms with E-state index in [4.69, 9.17) is 0 Å². The maximum atomic E-state index is 13.0. The molecule has 152 valence electrons. The second kappa shape index (κ2) is 8.41. The Morgan fingerprint density at radius 1 is 1.07 bits per heavy atom. The lowest BCUT2D eigenvalue weighted by atomic mass is 9.78. The number of rotatable bonds is 5. The van der Waals surface area contributed by atoms with Crippen LogP contribution in [0.2, 0.25) is 0 Å². The molecule has 4 rings (SSSR count). The first-order chi connectivity index (χ1) is 14.6. The number of pyridine rings is 1. The van der Waals surface area contributed by atoms with E-state index in [1.54, 1.807) is 24.3 Å². The number of carbonyl (C=O) groups is 2. The van der Waals surface area contributed by atoms with E-state index >= 15 is 0 Å². The van der Waals surface area contributed by atoms with Gasteiger partial charge >= 0.3 is 0 Å². The summed E-state index contributed by atoms with van der Waals surface area (Å²) in [5, 5.41) is 2.81. The van der Waals surface area contributed by atoms with Crippen LogP contribution in [0.1, 0.15) is 22.5 Å². The van der Waals surface area contributed by atoms with Crippen LogP contribution in [0.3, 0.4) is 0 Å². The van der Waals surface area contributed by atoms with Crippen molar-refractivity contribution in [3.63, 3.8) is 0 Å². The van der Waals surface area contributed by atoms with Crippen molar-refractivity contribution < 1.29 is 9.59 Å². The van der Waals surface area contributed by atoms with Crippen LogP contribution in [0.4, 0.5) is 0 Å². The first kappa shape index (κ1) is 19.7. The molecule has 2 amide bonds. The summed E-state index contributed by atoms with van der Waals surface area (Å²) in [6.07, 6.45) is 9.14. The number of amides is 2. The number of aromatic nitrogens is 3. The maximum absolute atomic E-state index is 13.0. The predicted molar refractivity (Wildman–Crippen MR) is 112 cm³/mol.